The summed E-state index contributed by atoms with van der Waals surface area (Å²) in [5.41, 5.74) is 1.44. The van der Waals surface area contributed by atoms with Crippen LogP contribution >= 0.6 is 63.7 Å². The lowest BCUT2D eigenvalue weighted by Crippen LogP contribution is -2.24. The van der Waals surface area contributed by atoms with E-state index in [0.717, 1.165) is 11.1 Å². The summed E-state index contributed by atoms with van der Waals surface area (Å²) in [6, 6.07) is 3.80. The number of carbonyl (C=O) groups is 2. The van der Waals surface area contributed by atoms with Crippen LogP contribution in [0.3, 0.4) is 0 Å². The van der Waals surface area contributed by atoms with Gasteiger partial charge in [-0.2, -0.15) is 0 Å². The van der Waals surface area contributed by atoms with Gasteiger partial charge in [0.2, 0.25) is 12.6 Å². The van der Waals surface area contributed by atoms with Gasteiger partial charge < -0.3 is 28.4 Å². The van der Waals surface area contributed by atoms with E-state index in [0.29, 0.717) is 54.1 Å². The standard InChI is InChI=1S/C31H36Br4O8/c1-11-38-25-19(13-21(32)27(23(25)34)40-17(7)42-29(36)15(3)4)31(9,10)20-14-22(33)28(24(35)26(20)39-12-2)41-18(8)43-30(37)16(5)6/h13-14,17-18H,3,5,11-12H2,1-2,4,6-10H3. The lowest BCUT2D eigenvalue weighted by molar-refractivity contribution is -0.157. The minimum atomic E-state index is -0.897. The molecule has 0 heterocycles. The van der Waals surface area contributed by atoms with Crippen LogP contribution in [-0.4, -0.2) is 37.7 Å². The van der Waals surface area contributed by atoms with E-state index >= 15 is 0 Å². The topological polar surface area (TPSA) is 89.5 Å². The molecule has 43 heavy (non-hydrogen) atoms. The fraction of sp³-hybridized carbons (Fsp3) is 0.419. The molecule has 0 bridgehead atoms. The van der Waals surface area contributed by atoms with E-state index in [2.05, 4.69) is 76.9 Å². The fourth-order valence-electron chi connectivity index (χ4n) is 3.91. The molecule has 2 aromatic rings. The lowest BCUT2D eigenvalue weighted by Gasteiger charge is -2.32. The zero-order chi connectivity index (χ0) is 32.8. The van der Waals surface area contributed by atoms with Gasteiger partial charge in [0.25, 0.3) is 0 Å². The van der Waals surface area contributed by atoms with Gasteiger partial charge in [0.1, 0.15) is 20.4 Å². The molecule has 0 aliphatic heterocycles. The summed E-state index contributed by atoms with van der Waals surface area (Å²) in [5.74, 6) is 0.772. The largest absolute Gasteiger partial charge is 0.492 e. The SMILES string of the molecule is C=C(C)C(=O)OC(C)Oc1c(Br)cc(C(C)(C)c2cc(Br)c(OC(C)OC(=O)C(=C)C)c(Br)c2OCC)c(OCC)c1Br. The first kappa shape index (κ1) is 37.2. The van der Waals surface area contributed by atoms with Gasteiger partial charge in [0.15, 0.2) is 11.5 Å². The number of hydrogen-bond acceptors (Lipinski definition) is 8. The maximum atomic E-state index is 12.0. The van der Waals surface area contributed by atoms with Gasteiger partial charge in [-0.05, 0) is 104 Å². The van der Waals surface area contributed by atoms with Gasteiger partial charge in [-0.25, -0.2) is 9.59 Å². The molecule has 0 spiro atoms. The Bertz CT molecular complexity index is 1300. The van der Waals surface area contributed by atoms with Crippen LogP contribution in [0, 0.1) is 0 Å². The summed E-state index contributed by atoms with van der Waals surface area (Å²) >= 11 is 14.6. The molecule has 2 unspecified atom stereocenters. The fourth-order valence-corrected chi connectivity index (χ4v) is 6.75. The van der Waals surface area contributed by atoms with Crippen molar-refractivity contribution < 1.29 is 38.0 Å². The maximum Gasteiger partial charge on any atom is 0.336 e. The van der Waals surface area contributed by atoms with Crippen molar-refractivity contribution >= 4 is 75.7 Å². The van der Waals surface area contributed by atoms with Crippen molar-refractivity contribution in [2.24, 2.45) is 0 Å². The quantitative estimate of drug-likeness (QED) is 0.106. The second kappa shape index (κ2) is 15.8. The first-order valence-electron chi connectivity index (χ1n) is 13.3. The Morgan fingerprint density at radius 3 is 1.33 bits per heavy atom. The molecular weight excluding hydrogens is 820 g/mol. The highest BCUT2D eigenvalue weighted by atomic mass is 79.9. The highest BCUT2D eigenvalue weighted by Crippen LogP contribution is 2.53. The lowest BCUT2D eigenvalue weighted by atomic mass is 9.77. The second-order valence-corrected chi connectivity index (χ2v) is 13.3. The number of ether oxygens (including phenoxy) is 6. The highest BCUT2D eigenvalue weighted by Gasteiger charge is 2.36. The van der Waals surface area contributed by atoms with E-state index in [-0.39, 0.29) is 11.1 Å². The Kier molecular flexibility index (Phi) is 13.7. The number of benzene rings is 2. The number of hydrogen-bond donors (Lipinski definition) is 0. The minimum Gasteiger partial charge on any atom is -0.492 e. The molecule has 236 valence electrons. The number of rotatable bonds is 14. The third-order valence-electron chi connectivity index (χ3n) is 6.00. The van der Waals surface area contributed by atoms with Crippen LogP contribution in [0.25, 0.3) is 0 Å². The third-order valence-corrected chi connectivity index (χ3v) is 8.62. The Hall–Kier alpha value is -2.02. The van der Waals surface area contributed by atoms with Crippen LogP contribution in [0.5, 0.6) is 23.0 Å². The average Bonchev–Trinajstić information content (AvgIpc) is 2.91. The van der Waals surface area contributed by atoms with E-state index in [1.165, 1.54) is 0 Å². The summed E-state index contributed by atoms with van der Waals surface area (Å²) < 4.78 is 37.2. The molecule has 0 fully saturated rings. The molecule has 12 heteroatoms. The van der Waals surface area contributed by atoms with Crippen molar-refractivity contribution in [3.8, 4) is 23.0 Å². The molecule has 2 rings (SSSR count). The molecule has 2 aromatic carbocycles. The zero-order valence-corrected chi connectivity index (χ0v) is 31.8. The molecule has 0 N–H and O–H groups in total. The first-order chi connectivity index (χ1) is 20.0. The van der Waals surface area contributed by atoms with Crippen molar-refractivity contribution in [3.05, 3.63) is 65.5 Å². The van der Waals surface area contributed by atoms with Crippen molar-refractivity contribution in [2.75, 3.05) is 13.2 Å². The Labute approximate surface area is 287 Å². The Morgan fingerprint density at radius 2 is 1.05 bits per heavy atom. The summed E-state index contributed by atoms with van der Waals surface area (Å²) in [4.78, 5) is 24.0. The molecule has 0 amide bonds. The highest BCUT2D eigenvalue weighted by molar-refractivity contribution is 9.11. The summed E-state index contributed by atoms with van der Waals surface area (Å²) in [7, 11) is 0. The molecule has 0 radical (unpaired) electrons. The minimum absolute atomic E-state index is 0.266. The number of carbonyl (C=O) groups excluding carboxylic acids is 2. The van der Waals surface area contributed by atoms with Crippen LogP contribution < -0.4 is 18.9 Å². The van der Waals surface area contributed by atoms with Crippen molar-refractivity contribution in [1.82, 2.24) is 0 Å². The van der Waals surface area contributed by atoms with Crippen molar-refractivity contribution in [1.29, 1.82) is 0 Å². The van der Waals surface area contributed by atoms with Crippen LogP contribution in [0.2, 0.25) is 0 Å². The molecule has 0 aromatic heterocycles. The van der Waals surface area contributed by atoms with E-state index in [1.54, 1.807) is 27.7 Å². The van der Waals surface area contributed by atoms with Gasteiger partial charge in [-0.3, -0.25) is 0 Å². The number of esters is 2. The molecule has 2 atom stereocenters. The van der Waals surface area contributed by atoms with E-state index < -0.39 is 29.9 Å². The predicted octanol–water partition coefficient (Wildman–Crippen LogP) is 9.55. The van der Waals surface area contributed by atoms with Gasteiger partial charge in [-0.1, -0.05) is 27.0 Å². The second-order valence-electron chi connectivity index (χ2n) is 9.99. The molecule has 8 nitrogen and oxygen atoms in total. The summed E-state index contributed by atoms with van der Waals surface area (Å²) in [5, 5.41) is 0. The molecule has 0 saturated heterocycles. The maximum absolute atomic E-state index is 12.0. The molecular formula is C31H36Br4O8. The summed E-state index contributed by atoms with van der Waals surface area (Å²) in [6.07, 6.45) is -1.79. The normalized spacial score (nSPS) is 12.6. The van der Waals surface area contributed by atoms with E-state index in [4.69, 9.17) is 28.4 Å². The van der Waals surface area contributed by atoms with Crippen LogP contribution in [0.15, 0.2) is 54.3 Å². The van der Waals surface area contributed by atoms with Crippen LogP contribution in [0.4, 0.5) is 0 Å². The van der Waals surface area contributed by atoms with Gasteiger partial charge in [-0.15, -0.1) is 0 Å². The molecule has 0 saturated carbocycles. The zero-order valence-electron chi connectivity index (χ0n) is 25.4. The van der Waals surface area contributed by atoms with E-state index in [9.17, 15) is 9.59 Å². The Balaban J connectivity index is 2.67. The predicted molar refractivity (Wildman–Crippen MR) is 180 cm³/mol. The monoisotopic (exact) mass is 852 g/mol. The van der Waals surface area contributed by atoms with Gasteiger partial charge in [0.05, 0.1) is 22.2 Å². The van der Waals surface area contributed by atoms with Gasteiger partial charge >= 0.3 is 11.9 Å². The third kappa shape index (κ3) is 9.02. The smallest absolute Gasteiger partial charge is 0.336 e. The molecule has 0 aliphatic carbocycles. The summed E-state index contributed by atoms with van der Waals surface area (Å²) in [6.45, 7) is 22.2. The average molecular weight is 856 g/mol. The van der Waals surface area contributed by atoms with E-state index in [1.807, 2.05) is 39.8 Å². The number of halogens is 4. The van der Waals surface area contributed by atoms with Crippen LogP contribution in [-0.2, 0) is 24.5 Å². The van der Waals surface area contributed by atoms with Gasteiger partial charge in [0, 0.05) is 41.5 Å². The van der Waals surface area contributed by atoms with Crippen molar-refractivity contribution in [2.45, 2.75) is 73.4 Å². The van der Waals surface area contributed by atoms with Crippen molar-refractivity contribution in [3.63, 3.8) is 0 Å². The molecule has 0 aliphatic rings. The van der Waals surface area contributed by atoms with Crippen LogP contribution in [0.1, 0.15) is 66.5 Å². The Morgan fingerprint density at radius 1 is 0.721 bits per heavy atom. The first-order valence-corrected chi connectivity index (χ1v) is 16.5.